The summed E-state index contributed by atoms with van der Waals surface area (Å²) in [5.74, 6) is 1.98. The molecule has 1 unspecified atom stereocenters. The van der Waals surface area contributed by atoms with Crippen LogP contribution < -0.4 is 9.47 Å². The molecule has 2 aliphatic rings. The van der Waals surface area contributed by atoms with Gasteiger partial charge in [-0.2, -0.15) is 0 Å². The second-order valence-electron chi connectivity index (χ2n) is 7.06. The Bertz CT molecular complexity index is 744. The highest BCUT2D eigenvalue weighted by molar-refractivity contribution is 9.10. The molecule has 2 aromatic carbocycles. The highest BCUT2D eigenvalue weighted by Crippen LogP contribution is 2.37. The van der Waals surface area contributed by atoms with Gasteiger partial charge in [0, 0.05) is 11.0 Å². The second kappa shape index (κ2) is 7.99. The van der Waals surface area contributed by atoms with Crippen LogP contribution in [0.5, 0.6) is 11.5 Å². The number of benzene rings is 2. The quantitative estimate of drug-likeness (QED) is 0.810. The van der Waals surface area contributed by atoms with Crippen molar-refractivity contribution in [1.82, 2.24) is 4.90 Å². The van der Waals surface area contributed by atoms with Crippen molar-refractivity contribution in [3.05, 3.63) is 58.1 Å². The van der Waals surface area contributed by atoms with E-state index in [0.29, 0.717) is 19.1 Å². The van der Waals surface area contributed by atoms with Gasteiger partial charge >= 0.3 is 0 Å². The molecule has 4 nitrogen and oxygen atoms in total. The molecule has 5 heteroatoms. The monoisotopic (exact) mass is 417 g/mol. The minimum atomic E-state index is -0.362. The van der Waals surface area contributed by atoms with E-state index in [2.05, 4.69) is 26.9 Å². The number of likely N-dealkylation sites (tertiary alicyclic amines) is 1. The lowest BCUT2D eigenvalue weighted by Gasteiger charge is -2.34. The van der Waals surface area contributed by atoms with E-state index in [-0.39, 0.29) is 6.10 Å². The van der Waals surface area contributed by atoms with Crippen molar-refractivity contribution in [2.75, 3.05) is 26.3 Å². The van der Waals surface area contributed by atoms with Gasteiger partial charge in [-0.05, 0) is 55.1 Å². The number of aliphatic hydroxyl groups excluding tert-OH is 1. The average molecular weight is 418 g/mol. The summed E-state index contributed by atoms with van der Waals surface area (Å²) in [4.78, 5) is 2.45. The molecule has 0 bridgehead atoms. The van der Waals surface area contributed by atoms with Gasteiger partial charge < -0.3 is 14.6 Å². The first kappa shape index (κ1) is 17.8. The van der Waals surface area contributed by atoms with Gasteiger partial charge in [0.25, 0.3) is 0 Å². The van der Waals surface area contributed by atoms with Crippen LogP contribution in [0.2, 0.25) is 0 Å². The second-order valence-corrected chi connectivity index (χ2v) is 7.91. The molecule has 1 fully saturated rings. The van der Waals surface area contributed by atoms with Crippen molar-refractivity contribution in [2.45, 2.75) is 25.5 Å². The van der Waals surface area contributed by atoms with Gasteiger partial charge in [0.2, 0.25) is 0 Å². The summed E-state index contributed by atoms with van der Waals surface area (Å²) >= 11 is 3.67. The third-order valence-electron chi connectivity index (χ3n) is 5.33. The lowest BCUT2D eigenvalue weighted by molar-refractivity contribution is 0.0566. The standard InChI is InChI=1S/C21H24BrNO3/c22-18-13-20-19(25-10-11-26-20)12-17(18)14-23-8-6-16(7-9-23)21(24)15-4-2-1-3-5-15/h1-5,12-13,16,21,24H,6-11,14H2. The summed E-state index contributed by atoms with van der Waals surface area (Å²) in [6, 6.07) is 14.1. The Kier molecular flexibility index (Phi) is 5.48. The third-order valence-corrected chi connectivity index (χ3v) is 6.06. The Balaban J connectivity index is 1.37. The zero-order valence-corrected chi connectivity index (χ0v) is 16.3. The number of piperidine rings is 1. The molecule has 0 amide bonds. The molecular weight excluding hydrogens is 394 g/mol. The molecule has 2 aliphatic heterocycles. The Morgan fingerprint density at radius 2 is 1.69 bits per heavy atom. The minimum absolute atomic E-state index is 0.331. The summed E-state index contributed by atoms with van der Waals surface area (Å²) in [6.07, 6.45) is 1.66. The van der Waals surface area contributed by atoms with Crippen molar-refractivity contribution in [2.24, 2.45) is 5.92 Å². The van der Waals surface area contributed by atoms with Crippen LogP contribution >= 0.6 is 15.9 Å². The molecule has 138 valence electrons. The summed E-state index contributed by atoms with van der Waals surface area (Å²) in [7, 11) is 0. The molecule has 4 rings (SSSR count). The van der Waals surface area contributed by atoms with E-state index < -0.39 is 0 Å². The maximum Gasteiger partial charge on any atom is 0.162 e. The number of halogens is 1. The minimum Gasteiger partial charge on any atom is -0.486 e. The van der Waals surface area contributed by atoms with Crippen LogP contribution in [0.3, 0.4) is 0 Å². The molecule has 0 saturated carbocycles. The maximum absolute atomic E-state index is 10.6. The number of nitrogens with zero attached hydrogens (tertiary/aromatic N) is 1. The van der Waals surface area contributed by atoms with Crippen molar-refractivity contribution in [1.29, 1.82) is 0 Å². The Morgan fingerprint density at radius 1 is 1.04 bits per heavy atom. The molecule has 1 saturated heterocycles. The number of hydrogen-bond acceptors (Lipinski definition) is 4. The third kappa shape index (κ3) is 3.90. The summed E-state index contributed by atoms with van der Waals surface area (Å²) < 4.78 is 12.4. The van der Waals surface area contributed by atoms with E-state index in [4.69, 9.17) is 9.47 Å². The van der Waals surface area contributed by atoms with Gasteiger partial charge in [0.05, 0.1) is 6.10 Å². The molecule has 1 N–H and O–H groups in total. The average Bonchev–Trinajstić information content (AvgIpc) is 2.69. The fourth-order valence-corrected chi connectivity index (χ4v) is 4.27. The van der Waals surface area contributed by atoms with Crippen LogP contribution in [0.25, 0.3) is 0 Å². The maximum atomic E-state index is 10.6. The fourth-order valence-electron chi connectivity index (χ4n) is 3.82. The van der Waals surface area contributed by atoms with Gasteiger partial charge in [-0.3, -0.25) is 4.90 Å². The summed E-state index contributed by atoms with van der Waals surface area (Å²) in [5, 5.41) is 10.6. The lowest BCUT2D eigenvalue weighted by atomic mass is 9.87. The number of aliphatic hydroxyl groups is 1. The van der Waals surface area contributed by atoms with E-state index in [1.54, 1.807) is 0 Å². The van der Waals surface area contributed by atoms with E-state index in [1.807, 2.05) is 36.4 Å². The van der Waals surface area contributed by atoms with E-state index in [1.165, 1.54) is 5.56 Å². The molecule has 0 spiro atoms. The smallest absolute Gasteiger partial charge is 0.162 e. The highest BCUT2D eigenvalue weighted by atomic mass is 79.9. The first-order chi connectivity index (χ1) is 12.7. The van der Waals surface area contributed by atoms with Crippen LogP contribution in [-0.2, 0) is 6.54 Å². The fraction of sp³-hybridized carbons (Fsp3) is 0.429. The highest BCUT2D eigenvalue weighted by Gasteiger charge is 2.26. The SMILES string of the molecule is OC(c1ccccc1)C1CCN(Cc2cc3c(cc2Br)OCCO3)CC1. The number of ether oxygens (including phenoxy) is 2. The normalized spacial score (nSPS) is 19.3. The van der Waals surface area contributed by atoms with Crippen molar-refractivity contribution in [3.8, 4) is 11.5 Å². The van der Waals surface area contributed by atoms with Gasteiger partial charge in [-0.25, -0.2) is 0 Å². The van der Waals surface area contributed by atoms with E-state index in [9.17, 15) is 5.11 Å². The van der Waals surface area contributed by atoms with Gasteiger partial charge in [-0.15, -0.1) is 0 Å². The number of hydrogen-bond donors (Lipinski definition) is 1. The van der Waals surface area contributed by atoms with Crippen LogP contribution in [-0.4, -0.2) is 36.3 Å². The van der Waals surface area contributed by atoms with E-state index >= 15 is 0 Å². The first-order valence-corrected chi connectivity index (χ1v) is 10.0. The summed E-state index contributed by atoms with van der Waals surface area (Å²) in [5.41, 5.74) is 2.25. The Labute approximate surface area is 162 Å². The molecule has 0 aromatic heterocycles. The molecule has 0 radical (unpaired) electrons. The zero-order chi connectivity index (χ0) is 17.9. The van der Waals surface area contributed by atoms with Gasteiger partial charge in [-0.1, -0.05) is 46.3 Å². The topological polar surface area (TPSA) is 41.9 Å². The largest absolute Gasteiger partial charge is 0.486 e. The van der Waals surface area contributed by atoms with Crippen molar-refractivity contribution in [3.63, 3.8) is 0 Å². The van der Waals surface area contributed by atoms with E-state index in [0.717, 1.165) is 54.0 Å². The molecule has 2 aromatic rings. The van der Waals surface area contributed by atoms with Crippen molar-refractivity contribution < 1.29 is 14.6 Å². The number of rotatable bonds is 4. The van der Waals surface area contributed by atoms with Crippen LogP contribution in [0.1, 0.15) is 30.1 Å². The Morgan fingerprint density at radius 3 is 2.38 bits per heavy atom. The van der Waals surface area contributed by atoms with Crippen molar-refractivity contribution >= 4 is 15.9 Å². The van der Waals surface area contributed by atoms with Crippen LogP contribution in [0, 0.1) is 5.92 Å². The van der Waals surface area contributed by atoms with Gasteiger partial charge in [0.1, 0.15) is 13.2 Å². The molecule has 2 heterocycles. The molecular formula is C21H24BrNO3. The Hall–Kier alpha value is -1.56. The first-order valence-electron chi connectivity index (χ1n) is 9.24. The molecule has 0 aliphatic carbocycles. The summed E-state index contributed by atoms with van der Waals surface area (Å²) in [6.45, 7) is 4.09. The molecule has 1 atom stereocenters. The predicted octanol–water partition coefficient (Wildman–Crippen LogP) is 4.17. The lowest BCUT2D eigenvalue weighted by Crippen LogP contribution is -2.35. The molecule has 26 heavy (non-hydrogen) atoms. The van der Waals surface area contributed by atoms with Crippen LogP contribution in [0.15, 0.2) is 46.9 Å². The van der Waals surface area contributed by atoms with Crippen LogP contribution in [0.4, 0.5) is 0 Å². The van der Waals surface area contributed by atoms with Gasteiger partial charge in [0.15, 0.2) is 11.5 Å². The predicted molar refractivity (Wildman–Crippen MR) is 105 cm³/mol. The zero-order valence-electron chi connectivity index (χ0n) is 14.7. The number of fused-ring (bicyclic) bond motifs is 1.